The first kappa shape index (κ1) is 12.7. The van der Waals surface area contributed by atoms with Crippen LogP contribution in [-0.4, -0.2) is 20.6 Å². The fraction of sp³-hybridized carbons (Fsp3) is 0.0667. The number of rotatable bonds is 2. The predicted molar refractivity (Wildman–Crippen MR) is 78.1 cm³/mol. The van der Waals surface area contributed by atoms with Gasteiger partial charge in [-0.15, -0.1) is 0 Å². The topological polar surface area (TPSA) is 55.1 Å². The van der Waals surface area contributed by atoms with Crippen LogP contribution in [0.3, 0.4) is 0 Å². The Hall–Kier alpha value is -2.33. The molecule has 0 aliphatic carbocycles. The minimum absolute atomic E-state index is 0.253. The second-order valence-corrected chi connectivity index (χ2v) is 4.95. The quantitative estimate of drug-likeness (QED) is 0.783. The average molecular weight is 287 g/mol. The van der Waals surface area contributed by atoms with E-state index >= 15 is 0 Å². The summed E-state index contributed by atoms with van der Waals surface area (Å²) in [4.78, 5) is 15.6. The number of aromatic carboxylic acids is 1. The summed E-state index contributed by atoms with van der Waals surface area (Å²) in [6.45, 7) is 0. The molecule has 1 aromatic heterocycles. The van der Waals surface area contributed by atoms with Crippen LogP contribution in [0.4, 0.5) is 0 Å². The predicted octanol–water partition coefficient (Wildman–Crippen LogP) is 3.59. The van der Waals surface area contributed by atoms with Gasteiger partial charge in [-0.05, 0) is 42.5 Å². The standard InChI is InChI=1S/C15H11ClN2O2/c1-18-13-8-10(15(19)20)4-7-12(13)17-14(18)9-2-5-11(16)6-3-9/h2-8H,1H3,(H,19,20). The molecule has 5 heteroatoms. The van der Waals surface area contributed by atoms with Crippen LogP contribution in [-0.2, 0) is 7.05 Å². The summed E-state index contributed by atoms with van der Waals surface area (Å²) >= 11 is 5.88. The zero-order chi connectivity index (χ0) is 14.3. The van der Waals surface area contributed by atoms with Gasteiger partial charge in [0.25, 0.3) is 0 Å². The molecule has 20 heavy (non-hydrogen) atoms. The van der Waals surface area contributed by atoms with Crippen molar-refractivity contribution in [2.45, 2.75) is 0 Å². The third kappa shape index (κ3) is 2.04. The number of benzene rings is 2. The molecule has 3 rings (SSSR count). The van der Waals surface area contributed by atoms with Crippen molar-refractivity contribution in [3.8, 4) is 11.4 Å². The smallest absolute Gasteiger partial charge is 0.335 e. The number of aryl methyl sites for hydroxylation is 1. The lowest BCUT2D eigenvalue weighted by atomic mass is 10.2. The van der Waals surface area contributed by atoms with Gasteiger partial charge >= 0.3 is 5.97 Å². The fourth-order valence-electron chi connectivity index (χ4n) is 2.18. The van der Waals surface area contributed by atoms with Crippen molar-refractivity contribution in [1.82, 2.24) is 9.55 Å². The van der Waals surface area contributed by atoms with E-state index in [0.29, 0.717) is 5.02 Å². The zero-order valence-electron chi connectivity index (χ0n) is 10.7. The van der Waals surface area contributed by atoms with E-state index < -0.39 is 5.97 Å². The van der Waals surface area contributed by atoms with Crippen molar-refractivity contribution in [2.24, 2.45) is 7.05 Å². The minimum Gasteiger partial charge on any atom is -0.478 e. The van der Waals surface area contributed by atoms with Gasteiger partial charge < -0.3 is 9.67 Å². The molecule has 3 aromatic rings. The molecule has 0 spiro atoms. The molecule has 1 heterocycles. The van der Waals surface area contributed by atoms with Gasteiger partial charge in [-0.2, -0.15) is 0 Å². The molecule has 0 atom stereocenters. The molecule has 0 radical (unpaired) electrons. The maximum Gasteiger partial charge on any atom is 0.335 e. The average Bonchev–Trinajstić information content (AvgIpc) is 2.76. The Morgan fingerprint density at radius 3 is 2.55 bits per heavy atom. The first-order valence-electron chi connectivity index (χ1n) is 6.02. The molecule has 0 fully saturated rings. The van der Waals surface area contributed by atoms with Crippen LogP contribution in [0.25, 0.3) is 22.4 Å². The Morgan fingerprint density at radius 1 is 1.20 bits per heavy atom. The monoisotopic (exact) mass is 286 g/mol. The Labute approximate surface area is 120 Å². The Kier molecular flexibility index (Phi) is 2.95. The van der Waals surface area contributed by atoms with E-state index in [-0.39, 0.29) is 5.56 Å². The van der Waals surface area contributed by atoms with Crippen molar-refractivity contribution in [1.29, 1.82) is 0 Å². The molecule has 0 saturated carbocycles. The summed E-state index contributed by atoms with van der Waals surface area (Å²) in [7, 11) is 1.87. The van der Waals surface area contributed by atoms with E-state index in [0.717, 1.165) is 22.4 Å². The normalized spacial score (nSPS) is 10.9. The number of hydrogen-bond acceptors (Lipinski definition) is 2. The summed E-state index contributed by atoms with van der Waals surface area (Å²) in [5, 5.41) is 9.71. The first-order valence-corrected chi connectivity index (χ1v) is 6.40. The summed E-state index contributed by atoms with van der Waals surface area (Å²) < 4.78 is 1.88. The number of halogens is 1. The number of carbonyl (C=O) groups is 1. The maximum absolute atomic E-state index is 11.0. The number of fused-ring (bicyclic) bond motifs is 1. The van der Waals surface area contributed by atoms with Crippen molar-refractivity contribution >= 4 is 28.6 Å². The molecule has 4 nitrogen and oxygen atoms in total. The molecule has 2 aromatic carbocycles. The second-order valence-electron chi connectivity index (χ2n) is 4.51. The van der Waals surface area contributed by atoms with Crippen LogP contribution in [0, 0.1) is 0 Å². The van der Waals surface area contributed by atoms with Crippen LogP contribution in [0.5, 0.6) is 0 Å². The number of carboxylic acids is 1. The number of carboxylic acid groups (broad SMARTS) is 1. The summed E-state index contributed by atoms with van der Waals surface area (Å²) in [6, 6.07) is 12.3. The molecule has 0 unspecified atom stereocenters. The summed E-state index contributed by atoms with van der Waals surface area (Å²) in [5.41, 5.74) is 2.74. The number of aromatic nitrogens is 2. The van der Waals surface area contributed by atoms with Gasteiger partial charge in [0, 0.05) is 17.6 Å². The Bertz CT molecular complexity index is 807. The third-order valence-electron chi connectivity index (χ3n) is 3.23. The van der Waals surface area contributed by atoms with Gasteiger partial charge in [0.05, 0.1) is 16.6 Å². The first-order chi connectivity index (χ1) is 9.56. The SMILES string of the molecule is Cn1c(-c2ccc(Cl)cc2)nc2ccc(C(=O)O)cc21. The van der Waals surface area contributed by atoms with Crippen molar-refractivity contribution in [2.75, 3.05) is 0 Å². The van der Waals surface area contributed by atoms with Gasteiger partial charge in [-0.25, -0.2) is 9.78 Å². The molecule has 1 N–H and O–H groups in total. The molecule has 0 aliphatic heterocycles. The Morgan fingerprint density at radius 2 is 1.90 bits per heavy atom. The van der Waals surface area contributed by atoms with Gasteiger partial charge in [-0.1, -0.05) is 11.6 Å². The third-order valence-corrected chi connectivity index (χ3v) is 3.48. The van der Waals surface area contributed by atoms with E-state index in [2.05, 4.69) is 4.98 Å². The lowest BCUT2D eigenvalue weighted by molar-refractivity contribution is 0.0697. The highest BCUT2D eigenvalue weighted by Gasteiger charge is 2.12. The number of imidazole rings is 1. The van der Waals surface area contributed by atoms with E-state index in [4.69, 9.17) is 16.7 Å². The van der Waals surface area contributed by atoms with Crippen LogP contribution in [0.15, 0.2) is 42.5 Å². The van der Waals surface area contributed by atoms with Gasteiger partial charge in [0.2, 0.25) is 0 Å². The summed E-state index contributed by atoms with van der Waals surface area (Å²) in [6.07, 6.45) is 0. The lowest BCUT2D eigenvalue weighted by Gasteiger charge is -2.02. The van der Waals surface area contributed by atoms with Gasteiger partial charge in [0.15, 0.2) is 0 Å². The zero-order valence-corrected chi connectivity index (χ0v) is 11.4. The van der Waals surface area contributed by atoms with Gasteiger partial charge in [0.1, 0.15) is 5.82 Å². The van der Waals surface area contributed by atoms with Gasteiger partial charge in [-0.3, -0.25) is 0 Å². The molecular formula is C15H11ClN2O2. The number of hydrogen-bond donors (Lipinski definition) is 1. The summed E-state index contributed by atoms with van der Waals surface area (Å²) in [5.74, 6) is -0.166. The largest absolute Gasteiger partial charge is 0.478 e. The highest BCUT2D eigenvalue weighted by atomic mass is 35.5. The molecular weight excluding hydrogens is 276 g/mol. The second kappa shape index (κ2) is 4.65. The van der Waals surface area contributed by atoms with E-state index in [1.807, 2.05) is 23.7 Å². The van der Waals surface area contributed by atoms with Crippen molar-refractivity contribution in [3.63, 3.8) is 0 Å². The van der Waals surface area contributed by atoms with Crippen molar-refractivity contribution < 1.29 is 9.90 Å². The molecule has 100 valence electrons. The minimum atomic E-state index is -0.943. The molecule has 0 amide bonds. The highest BCUT2D eigenvalue weighted by Crippen LogP contribution is 2.25. The molecule has 0 aliphatic rings. The van der Waals surface area contributed by atoms with E-state index in [1.54, 1.807) is 30.3 Å². The van der Waals surface area contributed by atoms with Crippen LogP contribution in [0.2, 0.25) is 5.02 Å². The van der Waals surface area contributed by atoms with E-state index in [9.17, 15) is 4.79 Å². The maximum atomic E-state index is 11.0. The Balaban J connectivity index is 2.20. The fourth-order valence-corrected chi connectivity index (χ4v) is 2.31. The van der Waals surface area contributed by atoms with Crippen molar-refractivity contribution in [3.05, 3.63) is 53.1 Å². The lowest BCUT2D eigenvalue weighted by Crippen LogP contribution is -1.97. The number of nitrogens with zero attached hydrogens (tertiary/aromatic N) is 2. The molecule has 0 saturated heterocycles. The van der Waals surface area contributed by atoms with Crippen LogP contribution >= 0.6 is 11.6 Å². The highest BCUT2D eigenvalue weighted by molar-refractivity contribution is 6.30. The van der Waals surface area contributed by atoms with Crippen LogP contribution in [0.1, 0.15) is 10.4 Å². The molecule has 0 bridgehead atoms. The van der Waals surface area contributed by atoms with Crippen LogP contribution < -0.4 is 0 Å². The van der Waals surface area contributed by atoms with E-state index in [1.165, 1.54) is 0 Å².